The van der Waals surface area contributed by atoms with Crippen LogP contribution < -0.4 is 4.90 Å². The van der Waals surface area contributed by atoms with Gasteiger partial charge in [0.05, 0.1) is 12.2 Å². The number of benzene rings is 1. The van der Waals surface area contributed by atoms with Crippen LogP contribution in [0.1, 0.15) is 25.3 Å². The largest absolute Gasteiger partial charge is 0.339 e. The Morgan fingerprint density at radius 1 is 1.42 bits per heavy atom. The smallest absolute Gasteiger partial charge is 0.252 e. The summed E-state index contributed by atoms with van der Waals surface area (Å²) in [5, 5.41) is 1.20. The summed E-state index contributed by atoms with van der Waals surface area (Å²) >= 11 is 11.4. The molecule has 102 valence electrons. The van der Waals surface area contributed by atoms with Gasteiger partial charge in [0.2, 0.25) is 0 Å². The summed E-state index contributed by atoms with van der Waals surface area (Å²) in [4.78, 5) is 15.7. The topological polar surface area (TPSA) is 23.6 Å². The lowest BCUT2D eigenvalue weighted by Crippen LogP contribution is -2.33. The van der Waals surface area contributed by atoms with E-state index in [-0.39, 0.29) is 5.91 Å². The highest BCUT2D eigenvalue weighted by Crippen LogP contribution is 2.28. The molecule has 1 aromatic carbocycles. The van der Waals surface area contributed by atoms with E-state index in [0.29, 0.717) is 16.7 Å². The van der Waals surface area contributed by atoms with Gasteiger partial charge in [0.15, 0.2) is 5.11 Å². The lowest BCUT2D eigenvalue weighted by atomic mass is 10.2. The van der Waals surface area contributed by atoms with Crippen LogP contribution in [-0.4, -0.2) is 29.0 Å². The number of thiocarbonyl (C=S) groups is 1. The van der Waals surface area contributed by atoms with Crippen LogP contribution in [-0.2, 0) is 4.79 Å². The van der Waals surface area contributed by atoms with Gasteiger partial charge in [-0.3, -0.25) is 9.69 Å². The van der Waals surface area contributed by atoms with Crippen molar-refractivity contribution >= 4 is 40.5 Å². The molecule has 1 aliphatic heterocycles. The van der Waals surface area contributed by atoms with E-state index in [1.165, 1.54) is 0 Å². The maximum Gasteiger partial charge on any atom is 0.252 e. The molecule has 0 aromatic heterocycles. The molecule has 1 heterocycles. The van der Waals surface area contributed by atoms with Crippen LogP contribution in [0.3, 0.4) is 0 Å². The highest BCUT2D eigenvalue weighted by Gasteiger charge is 2.34. The molecule has 0 radical (unpaired) electrons. The van der Waals surface area contributed by atoms with Gasteiger partial charge in [0.25, 0.3) is 5.91 Å². The quantitative estimate of drug-likeness (QED) is 0.796. The van der Waals surface area contributed by atoms with E-state index in [1.807, 2.05) is 24.0 Å². The van der Waals surface area contributed by atoms with E-state index in [2.05, 4.69) is 6.92 Å². The van der Waals surface area contributed by atoms with Gasteiger partial charge in [-0.05, 0) is 43.3 Å². The Morgan fingerprint density at radius 2 is 2.16 bits per heavy atom. The molecule has 0 atom stereocenters. The van der Waals surface area contributed by atoms with Crippen molar-refractivity contribution in [3.05, 3.63) is 28.8 Å². The molecular weight excluding hydrogens is 280 g/mol. The number of hydrogen-bond acceptors (Lipinski definition) is 2. The SMILES string of the molecule is CCCCN1CC(=O)N(c2cc(Cl)ccc2C)C1=S. The first-order valence-electron chi connectivity index (χ1n) is 6.42. The van der Waals surface area contributed by atoms with E-state index in [4.69, 9.17) is 23.8 Å². The molecule has 0 bridgehead atoms. The van der Waals surface area contributed by atoms with Gasteiger partial charge in [-0.2, -0.15) is 0 Å². The van der Waals surface area contributed by atoms with Crippen molar-refractivity contribution in [1.82, 2.24) is 4.90 Å². The Labute approximate surface area is 124 Å². The molecule has 0 saturated carbocycles. The van der Waals surface area contributed by atoms with Gasteiger partial charge >= 0.3 is 0 Å². The van der Waals surface area contributed by atoms with Crippen LogP contribution in [0.4, 0.5) is 5.69 Å². The molecule has 0 spiro atoms. The zero-order chi connectivity index (χ0) is 14.0. The Balaban J connectivity index is 2.27. The van der Waals surface area contributed by atoms with Crippen LogP contribution in [0.2, 0.25) is 5.02 Å². The van der Waals surface area contributed by atoms with Gasteiger partial charge in [-0.15, -0.1) is 0 Å². The van der Waals surface area contributed by atoms with Gasteiger partial charge in [0, 0.05) is 11.6 Å². The van der Waals surface area contributed by atoms with E-state index in [1.54, 1.807) is 11.0 Å². The predicted molar refractivity (Wildman–Crippen MR) is 82.8 cm³/mol. The van der Waals surface area contributed by atoms with E-state index in [9.17, 15) is 4.79 Å². The molecule has 2 rings (SSSR count). The molecule has 1 amide bonds. The Morgan fingerprint density at radius 3 is 2.84 bits per heavy atom. The molecular formula is C14H17ClN2OS. The first-order chi connectivity index (χ1) is 9.04. The minimum atomic E-state index is 0.0199. The highest BCUT2D eigenvalue weighted by molar-refractivity contribution is 7.80. The standard InChI is InChI=1S/C14H17ClN2OS/c1-3-4-7-16-9-13(18)17(14(16)19)12-8-11(15)6-5-10(12)2/h5-6,8H,3-4,7,9H2,1-2H3. The molecule has 0 aliphatic carbocycles. The van der Waals surface area contributed by atoms with Gasteiger partial charge in [-0.1, -0.05) is 31.0 Å². The average molecular weight is 297 g/mol. The minimum absolute atomic E-state index is 0.0199. The summed E-state index contributed by atoms with van der Waals surface area (Å²) in [7, 11) is 0. The number of hydrogen-bond donors (Lipinski definition) is 0. The predicted octanol–water partition coefficient (Wildman–Crippen LogP) is 3.38. The number of rotatable bonds is 4. The monoisotopic (exact) mass is 296 g/mol. The zero-order valence-electron chi connectivity index (χ0n) is 11.1. The lowest BCUT2D eigenvalue weighted by Gasteiger charge is -2.21. The molecule has 3 nitrogen and oxygen atoms in total. The fourth-order valence-corrected chi connectivity index (χ4v) is 2.66. The van der Waals surface area contributed by atoms with Crippen LogP contribution in [0.25, 0.3) is 0 Å². The van der Waals surface area contributed by atoms with Crippen molar-refractivity contribution < 1.29 is 4.79 Å². The molecule has 1 saturated heterocycles. The second-order valence-corrected chi connectivity index (χ2v) is 5.52. The second kappa shape index (κ2) is 5.88. The molecule has 1 aromatic rings. The van der Waals surface area contributed by atoms with E-state index in [0.717, 1.165) is 30.6 Å². The van der Waals surface area contributed by atoms with Crippen molar-refractivity contribution in [1.29, 1.82) is 0 Å². The third-order valence-electron chi connectivity index (χ3n) is 3.23. The van der Waals surface area contributed by atoms with Crippen molar-refractivity contribution in [3.63, 3.8) is 0 Å². The molecule has 1 aliphatic rings. The number of carbonyl (C=O) groups is 1. The maximum absolute atomic E-state index is 12.2. The van der Waals surface area contributed by atoms with Crippen LogP contribution in [0.5, 0.6) is 0 Å². The number of aryl methyl sites for hydroxylation is 1. The van der Waals surface area contributed by atoms with Crippen molar-refractivity contribution in [2.75, 3.05) is 18.0 Å². The Kier molecular flexibility index (Phi) is 4.42. The van der Waals surface area contributed by atoms with Crippen molar-refractivity contribution in [2.45, 2.75) is 26.7 Å². The van der Waals surface area contributed by atoms with Crippen LogP contribution in [0.15, 0.2) is 18.2 Å². The fourth-order valence-electron chi connectivity index (χ4n) is 2.13. The third-order valence-corrected chi connectivity index (χ3v) is 3.91. The van der Waals surface area contributed by atoms with E-state index < -0.39 is 0 Å². The molecule has 19 heavy (non-hydrogen) atoms. The van der Waals surface area contributed by atoms with Gasteiger partial charge < -0.3 is 4.90 Å². The van der Waals surface area contributed by atoms with E-state index >= 15 is 0 Å². The first-order valence-corrected chi connectivity index (χ1v) is 7.21. The number of halogens is 1. The molecule has 1 fully saturated rings. The highest BCUT2D eigenvalue weighted by atomic mass is 35.5. The van der Waals surface area contributed by atoms with Crippen molar-refractivity contribution in [2.24, 2.45) is 0 Å². The number of unbranched alkanes of at least 4 members (excludes halogenated alkanes) is 1. The third kappa shape index (κ3) is 2.90. The Hall–Kier alpha value is -1.13. The normalized spacial score (nSPS) is 15.5. The molecule has 0 N–H and O–H groups in total. The number of carbonyl (C=O) groups excluding carboxylic acids is 1. The Bertz CT molecular complexity index is 518. The van der Waals surface area contributed by atoms with Gasteiger partial charge in [0.1, 0.15) is 0 Å². The fraction of sp³-hybridized carbons (Fsp3) is 0.429. The first kappa shape index (κ1) is 14.3. The minimum Gasteiger partial charge on any atom is -0.339 e. The van der Waals surface area contributed by atoms with Crippen LogP contribution in [0, 0.1) is 6.92 Å². The van der Waals surface area contributed by atoms with Crippen molar-refractivity contribution in [3.8, 4) is 0 Å². The summed E-state index contributed by atoms with van der Waals surface area (Å²) in [6.45, 7) is 5.28. The average Bonchev–Trinajstić information content (AvgIpc) is 2.65. The number of amides is 1. The molecule has 5 heteroatoms. The van der Waals surface area contributed by atoms with Crippen LogP contribution >= 0.6 is 23.8 Å². The molecule has 0 unspecified atom stereocenters. The van der Waals surface area contributed by atoms with Gasteiger partial charge in [-0.25, -0.2) is 0 Å². The second-order valence-electron chi connectivity index (χ2n) is 4.72. The number of nitrogens with zero attached hydrogens (tertiary/aromatic N) is 2. The summed E-state index contributed by atoms with van der Waals surface area (Å²) in [5.41, 5.74) is 1.79. The lowest BCUT2D eigenvalue weighted by molar-refractivity contribution is -0.116. The summed E-state index contributed by atoms with van der Waals surface area (Å²) in [6, 6.07) is 5.52. The summed E-state index contributed by atoms with van der Waals surface area (Å²) in [6.07, 6.45) is 2.12. The summed E-state index contributed by atoms with van der Waals surface area (Å²) in [5.74, 6) is 0.0199. The number of anilines is 1. The summed E-state index contributed by atoms with van der Waals surface area (Å²) < 4.78 is 0. The maximum atomic E-state index is 12.2. The zero-order valence-corrected chi connectivity index (χ0v) is 12.7.